The molecular weight excluding hydrogens is 348 g/mol. The van der Waals surface area contributed by atoms with Crippen LogP contribution in [0.25, 0.3) is 10.9 Å². The monoisotopic (exact) mass is 376 g/mol. The fourth-order valence-electron chi connectivity index (χ4n) is 5.73. The Morgan fingerprint density at radius 2 is 1.86 bits per heavy atom. The number of aryl methyl sites for hydroxylation is 1. The number of hydrogen-bond donors (Lipinski definition) is 1. The second-order valence-corrected chi connectivity index (χ2v) is 8.69. The summed E-state index contributed by atoms with van der Waals surface area (Å²) in [6.07, 6.45) is 2.48. The highest BCUT2D eigenvalue weighted by molar-refractivity contribution is 5.86. The molecule has 4 heteroatoms. The number of likely N-dealkylation sites (tertiary alicyclic amines) is 1. The van der Waals surface area contributed by atoms with E-state index in [1.165, 1.54) is 27.7 Å². The minimum atomic E-state index is -0.802. The molecule has 5 rings (SSSR count). The lowest BCUT2D eigenvalue weighted by Crippen LogP contribution is -2.66. The highest BCUT2D eigenvalue weighted by Crippen LogP contribution is 2.52. The normalized spacial score (nSPS) is 27.4. The van der Waals surface area contributed by atoms with Crippen molar-refractivity contribution < 1.29 is 9.84 Å². The zero-order valence-corrected chi connectivity index (χ0v) is 16.9. The lowest BCUT2D eigenvalue weighted by atomic mass is 9.56. The molecule has 1 fully saturated rings. The SMILES string of the molecule is COc1cccc([C@@]23CCN(C)C[C@@]2(O)Cc2c(n(C)c4ccccc24)C3)c1. The minimum Gasteiger partial charge on any atom is -0.497 e. The van der Waals surface area contributed by atoms with E-state index in [0.717, 1.165) is 25.1 Å². The fraction of sp³-hybridized carbons (Fsp3) is 0.417. The number of aliphatic hydroxyl groups is 1. The van der Waals surface area contributed by atoms with Gasteiger partial charge in [0.15, 0.2) is 0 Å². The molecule has 2 aromatic carbocycles. The summed E-state index contributed by atoms with van der Waals surface area (Å²) in [6, 6.07) is 16.9. The summed E-state index contributed by atoms with van der Waals surface area (Å²) in [5.41, 5.74) is 4.02. The predicted octanol–water partition coefficient (Wildman–Crippen LogP) is 3.29. The first-order valence-corrected chi connectivity index (χ1v) is 10.1. The maximum atomic E-state index is 12.2. The number of para-hydroxylation sites is 1. The van der Waals surface area contributed by atoms with Crippen molar-refractivity contribution in [3.63, 3.8) is 0 Å². The summed E-state index contributed by atoms with van der Waals surface area (Å²) < 4.78 is 7.86. The van der Waals surface area contributed by atoms with Gasteiger partial charge in [-0.25, -0.2) is 0 Å². The van der Waals surface area contributed by atoms with Gasteiger partial charge in [-0.3, -0.25) is 0 Å². The Morgan fingerprint density at radius 1 is 1.04 bits per heavy atom. The van der Waals surface area contributed by atoms with E-state index in [2.05, 4.69) is 66.0 Å². The van der Waals surface area contributed by atoms with Gasteiger partial charge in [-0.15, -0.1) is 0 Å². The van der Waals surface area contributed by atoms with Gasteiger partial charge >= 0.3 is 0 Å². The fourth-order valence-corrected chi connectivity index (χ4v) is 5.73. The molecule has 2 heterocycles. The van der Waals surface area contributed by atoms with Crippen LogP contribution >= 0.6 is 0 Å². The van der Waals surface area contributed by atoms with Crippen LogP contribution < -0.4 is 4.74 Å². The van der Waals surface area contributed by atoms with Crippen LogP contribution in [-0.2, 0) is 25.3 Å². The number of fused-ring (bicyclic) bond motifs is 4. The molecule has 0 unspecified atom stereocenters. The number of benzene rings is 2. The largest absolute Gasteiger partial charge is 0.497 e. The van der Waals surface area contributed by atoms with Crippen molar-refractivity contribution in [3.05, 3.63) is 65.4 Å². The molecule has 1 aliphatic heterocycles. The number of likely N-dealkylation sites (N-methyl/N-ethyl adjacent to an activating group) is 1. The number of β-amino-alcohol motifs (C(OH)–C–C–N with tert-alkyl or cyclic N) is 1. The molecular formula is C24H28N2O2. The van der Waals surface area contributed by atoms with Crippen LogP contribution in [0.4, 0.5) is 0 Å². The number of aromatic nitrogens is 1. The molecule has 28 heavy (non-hydrogen) atoms. The van der Waals surface area contributed by atoms with Crippen molar-refractivity contribution in [1.82, 2.24) is 9.47 Å². The second kappa shape index (κ2) is 6.10. The summed E-state index contributed by atoms with van der Waals surface area (Å²) in [5, 5.41) is 13.4. The molecule has 1 saturated heterocycles. The van der Waals surface area contributed by atoms with E-state index in [0.29, 0.717) is 13.0 Å². The average molecular weight is 377 g/mol. The summed E-state index contributed by atoms with van der Waals surface area (Å²) in [4.78, 5) is 2.27. The van der Waals surface area contributed by atoms with Gasteiger partial charge in [-0.2, -0.15) is 0 Å². The molecule has 0 spiro atoms. The van der Waals surface area contributed by atoms with Crippen molar-refractivity contribution in [3.8, 4) is 5.75 Å². The van der Waals surface area contributed by atoms with Crippen LogP contribution in [0, 0.1) is 0 Å². The molecule has 146 valence electrons. The van der Waals surface area contributed by atoms with Crippen molar-refractivity contribution in [2.24, 2.45) is 7.05 Å². The van der Waals surface area contributed by atoms with Crippen molar-refractivity contribution in [2.75, 3.05) is 27.2 Å². The van der Waals surface area contributed by atoms with E-state index in [1.54, 1.807) is 7.11 Å². The Balaban J connectivity index is 1.75. The predicted molar refractivity (Wildman–Crippen MR) is 112 cm³/mol. The second-order valence-electron chi connectivity index (χ2n) is 8.69. The Hall–Kier alpha value is -2.30. The van der Waals surface area contributed by atoms with E-state index in [1.807, 2.05) is 6.07 Å². The van der Waals surface area contributed by atoms with Crippen molar-refractivity contribution >= 4 is 10.9 Å². The maximum absolute atomic E-state index is 12.2. The van der Waals surface area contributed by atoms with Crippen LogP contribution in [0.15, 0.2) is 48.5 Å². The van der Waals surface area contributed by atoms with E-state index >= 15 is 0 Å². The molecule has 0 bridgehead atoms. The van der Waals surface area contributed by atoms with E-state index in [4.69, 9.17) is 4.74 Å². The topological polar surface area (TPSA) is 37.6 Å². The number of methoxy groups -OCH3 is 1. The Morgan fingerprint density at radius 3 is 2.68 bits per heavy atom. The lowest BCUT2D eigenvalue weighted by molar-refractivity contribution is -0.0975. The number of rotatable bonds is 2. The molecule has 3 aromatic rings. The Bertz CT molecular complexity index is 1060. The zero-order chi connectivity index (χ0) is 19.5. The minimum absolute atomic E-state index is 0.302. The third-order valence-corrected chi connectivity index (χ3v) is 7.25. The van der Waals surface area contributed by atoms with Gasteiger partial charge in [0, 0.05) is 48.4 Å². The first-order valence-electron chi connectivity index (χ1n) is 10.1. The van der Waals surface area contributed by atoms with Gasteiger partial charge in [0.05, 0.1) is 12.7 Å². The van der Waals surface area contributed by atoms with Gasteiger partial charge in [-0.05, 0) is 49.3 Å². The van der Waals surface area contributed by atoms with Gasteiger partial charge in [-0.1, -0.05) is 30.3 Å². The van der Waals surface area contributed by atoms with Crippen LogP contribution in [0.2, 0.25) is 0 Å². The molecule has 1 N–H and O–H groups in total. The van der Waals surface area contributed by atoms with E-state index in [-0.39, 0.29) is 5.41 Å². The molecule has 0 amide bonds. The third-order valence-electron chi connectivity index (χ3n) is 7.25. The maximum Gasteiger partial charge on any atom is 0.119 e. The van der Waals surface area contributed by atoms with Crippen LogP contribution in [0.5, 0.6) is 5.75 Å². The Labute approximate surface area is 166 Å². The summed E-state index contributed by atoms with van der Waals surface area (Å²) in [5.74, 6) is 0.857. The van der Waals surface area contributed by atoms with Gasteiger partial charge < -0.3 is 19.3 Å². The highest BCUT2D eigenvalue weighted by Gasteiger charge is 2.57. The van der Waals surface area contributed by atoms with Gasteiger partial charge in [0.1, 0.15) is 5.75 Å². The standard InChI is InChI=1S/C24H28N2O2/c1-25-12-11-23(17-7-6-8-18(13-17)28-3)15-22-20(14-24(23,27)16-25)19-9-4-5-10-21(19)26(22)2/h4-10,13,27H,11-12,14-16H2,1-3H3/t23-,24-/m0/s1. The van der Waals surface area contributed by atoms with Crippen LogP contribution in [0.3, 0.4) is 0 Å². The number of piperidine rings is 1. The summed E-state index contributed by atoms with van der Waals surface area (Å²) in [6.45, 7) is 1.67. The summed E-state index contributed by atoms with van der Waals surface area (Å²) in [7, 11) is 5.99. The Kier molecular flexibility index (Phi) is 3.87. The number of ether oxygens (including phenoxy) is 1. The molecule has 2 aliphatic rings. The van der Waals surface area contributed by atoms with Crippen molar-refractivity contribution in [2.45, 2.75) is 30.3 Å². The zero-order valence-electron chi connectivity index (χ0n) is 16.9. The van der Waals surface area contributed by atoms with Crippen LogP contribution in [-0.4, -0.2) is 47.4 Å². The molecule has 2 atom stereocenters. The van der Waals surface area contributed by atoms with Gasteiger partial charge in [0.25, 0.3) is 0 Å². The highest BCUT2D eigenvalue weighted by atomic mass is 16.5. The quantitative estimate of drug-likeness (QED) is 0.746. The average Bonchev–Trinajstić information content (AvgIpc) is 2.97. The van der Waals surface area contributed by atoms with E-state index < -0.39 is 5.60 Å². The molecule has 0 saturated carbocycles. The smallest absolute Gasteiger partial charge is 0.119 e. The summed E-state index contributed by atoms with van der Waals surface area (Å²) >= 11 is 0. The lowest BCUT2D eigenvalue weighted by Gasteiger charge is -2.56. The molecule has 1 aromatic heterocycles. The molecule has 1 aliphatic carbocycles. The number of nitrogens with zero attached hydrogens (tertiary/aromatic N) is 2. The molecule has 4 nitrogen and oxygen atoms in total. The molecule has 0 radical (unpaired) electrons. The first kappa shape index (κ1) is 17.8. The van der Waals surface area contributed by atoms with Gasteiger partial charge in [0.2, 0.25) is 0 Å². The number of hydrogen-bond acceptors (Lipinski definition) is 3. The van der Waals surface area contributed by atoms with E-state index in [9.17, 15) is 5.11 Å². The first-order chi connectivity index (χ1) is 13.5. The van der Waals surface area contributed by atoms with Crippen molar-refractivity contribution in [1.29, 1.82) is 0 Å². The van der Waals surface area contributed by atoms with Crippen LogP contribution in [0.1, 0.15) is 23.2 Å². The third kappa shape index (κ3) is 2.31.